The molecule has 0 saturated carbocycles. The van der Waals surface area contributed by atoms with Crippen LogP contribution in [0.25, 0.3) is 0 Å². The first kappa shape index (κ1) is 12.4. The quantitative estimate of drug-likeness (QED) is 0.621. The van der Waals surface area contributed by atoms with Gasteiger partial charge in [-0.25, -0.2) is 0 Å². The van der Waals surface area contributed by atoms with Gasteiger partial charge in [-0.15, -0.1) is 0 Å². The van der Waals surface area contributed by atoms with Crippen LogP contribution >= 0.6 is 0 Å². The zero-order valence-electron chi connectivity index (χ0n) is 9.86. The standard InChI is InChI=1S/C12H15N3O3/c13-11(16)6-14-4-3-8-1-2-10-9(5-8)15-12(17)7-18-10/h1-2,5,14H,3-4,6-7H2,(H2,13,16)(H,15,17). The second kappa shape index (κ2) is 5.50. The Balaban J connectivity index is 1.92. The lowest BCUT2D eigenvalue weighted by molar-refractivity contribution is -0.119. The highest BCUT2D eigenvalue weighted by molar-refractivity contribution is 5.95. The Kier molecular flexibility index (Phi) is 3.78. The van der Waals surface area contributed by atoms with Crippen molar-refractivity contribution in [3.63, 3.8) is 0 Å². The molecule has 96 valence electrons. The van der Waals surface area contributed by atoms with Crippen LogP contribution in [-0.2, 0) is 16.0 Å². The van der Waals surface area contributed by atoms with E-state index in [2.05, 4.69) is 10.6 Å². The molecule has 2 rings (SSSR count). The smallest absolute Gasteiger partial charge is 0.262 e. The number of anilines is 1. The van der Waals surface area contributed by atoms with E-state index in [1.54, 1.807) is 0 Å². The molecule has 1 aromatic rings. The van der Waals surface area contributed by atoms with Crippen molar-refractivity contribution in [2.24, 2.45) is 5.73 Å². The number of carbonyl (C=O) groups excluding carboxylic acids is 2. The van der Waals surface area contributed by atoms with Gasteiger partial charge in [0.1, 0.15) is 5.75 Å². The Morgan fingerprint density at radius 1 is 1.50 bits per heavy atom. The minimum Gasteiger partial charge on any atom is -0.482 e. The second-order valence-electron chi connectivity index (χ2n) is 4.06. The molecule has 0 fully saturated rings. The van der Waals surface area contributed by atoms with E-state index in [9.17, 15) is 9.59 Å². The fourth-order valence-electron chi connectivity index (χ4n) is 1.73. The zero-order chi connectivity index (χ0) is 13.0. The van der Waals surface area contributed by atoms with Gasteiger partial charge >= 0.3 is 0 Å². The Bertz CT molecular complexity index is 474. The number of carbonyl (C=O) groups is 2. The van der Waals surface area contributed by atoms with Crippen LogP contribution < -0.4 is 21.1 Å². The van der Waals surface area contributed by atoms with Gasteiger partial charge in [0.15, 0.2) is 6.61 Å². The predicted octanol–water partition coefficient (Wildman–Crippen LogP) is -0.365. The number of benzene rings is 1. The number of fused-ring (bicyclic) bond motifs is 1. The third-order valence-electron chi connectivity index (χ3n) is 2.57. The molecule has 0 atom stereocenters. The van der Waals surface area contributed by atoms with E-state index in [4.69, 9.17) is 10.5 Å². The van der Waals surface area contributed by atoms with Gasteiger partial charge in [-0.1, -0.05) is 6.07 Å². The molecule has 6 heteroatoms. The van der Waals surface area contributed by atoms with Gasteiger partial charge < -0.3 is 21.1 Å². The molecular weight excluding hydrogens is 234 g/mol. The summed E-state index contributed by atoms with van der Waals surface area (Å²) in [4.78, 5) is 21.7. The third kappa shape index (κ3) is 3.21. The van der Waals surface area contributed by atoms with Crippen molar-refractivity contribution in [2.75, 3.05) is 25.0 Å². The highest BCUT2D eigenvalue weighted by atomic mass is 16.5. The summed E-state index contributed by atoms with van der Waals surface area (Å²) in [6.07, 6.45) is 0.746. The molecule has 0 unspecified atom stereocenters. The number of hydrogen-bond donors (Lipinski definition) is 3. The number of rotatable bonds is 5. The van der Waals surface area contributed by atoms with Gasteiger partial charge in [-0.3, -0.25) is 9.59 Å². The molecule has 2 amide bonds. The van der Waals surface area contributed by atoms with E-state index in [1.807, 2.05) is 18.2 Å². The van der Waals surface area contributed by atoms with E-state index in [1.165, 1.54) is 0 Å². The molecular formula is C12H15N3O3. The van der Waals surface area contributed by atoms with Crippen LogP contribution in [0.3, 0.4) is 0 Å². The summed E-state index contributed by atoms with van der Waals surface area (Å²) >= 11 is 0. The van der Waals surface area contributed by atoms with Gasteiger partial charge in [-0.05, 0) is 30.7 Å². The van der Waals surface area contributed by atoms with Crippen LogP contribution in [0.2, 0.25) is 0 Å². The topological polar surface area (TPSA) is 93.5 Å². The number of ether oxygens (including phenoxy) is 1. The maximum Gasteiger partial charge on any atom is 0.262 e. The second-order valence-corrected chi connectivity index (χ2v) is 4.06. The Hall–Kier alpha value is -2.08. The maximum absolute atomic E-state index is 11.2. The van der Waals surface area contributed by atoms with Crippen LogP contribution in [0.1, 0.15) is 5.56 Å². The summed E-state index contributed by atoms with van der Waals surface area (Å²) in [5, 5.41) is 5.68. The number of amides is 2. The highest BCUT2D eigenvalue weighted by Crippen LogP contribution is 2.28. The summed E-state index contributed by atoms with van der Waals surface area (Å²) in [7, 11) is 0. The maximum atomic E-state index is 11.2. The highest BCUT2D eigenvalue weighted by Gasteiger charge is 2.15. The summed E-state index contributed by atoms with van der Waals surface area (Å²) in [6, 6.07) is 5.64. The molecule has 0 spiro atoms. The first-order valence-electron chi connectivity index (χ1n) is 5.70. The number of nitrogens with two attached hydrogens (primary N) is 1. The Morgan fingerprint density at radius 2 is 2.33 bits per heavy atom. The van der Waals surface area contributed by atoms with Gasteiger partial charge in [0.2, 0.25) is 5.91 Å². The molecule has 1 aromatic carbocycles. The Morgan fingerprint density at radius 3 is 3.11 bits per heavy atom. The molecule has 0 aromatic heterocycles. The van der Waals surface area contributed by atoms with Crippen LogP contribution in [0.5, 0.6) is 5.75 Å². The normalized spacial score (nSPS) is 13.4. The van der Waals surface area contributed by atoms with Crippen molar-refractivity contribution in [3.8, 4) is 5.75 Å². The summed E-state index contributed by atoms with van der Waals surface area (Å²) in [5.41, 5.74) is 6.76. The van der Waals surface area contributed by atoms with Gasteiger partial charge in [0.05, 0.1) is 12.2 Å². The van der Waals surface area contributed by atoms with Crippen molar-refractivity contribution in [2.45, 2.75) is 6.42 Å². The molecule has 1 aliphatic rings. The van der Waals surface area contributed by atoms with Crippen LogP contribution in [0.4, 0.5) is 5.69 Å². The molecule has 0 saturated heterocycles. The van der Waals surface area contributed by atoms with Gasteiger partial charge in [-0.2, -0.15) is 0 Å². The number of primary amides is 1. The number of nitrogens with one attached hydrogen (secondary N) is 2. The minimum absolute atomic E-state index is 0.0620. The van der Waals surface area contributed by atoms with Crippen molar-refractivity contribution in [1.82, 2.24) is 5.32 Å². The van der Waals surface area contributed by atoms with E-state index in [0.717, 1.165) is 12.0 Å². The van der Waals surface area contributed by atoms with Crippen molar-refractivity contribution in [1.29, 1.82) is 0 Å². The van der Waals surface area contributed by atoms with E-state index in [-0.39, 0.29) is 25.0 Å². The third-order valence-corrected chi connectivity index (χ3v) is 2.57. The lowest BCUT2D eigenvalue weighted by Crippen LogP contribution is -2.30. The average Bonchev–Trinajstić information content (AvgIpc) is 2.34. The molecule has 1 aliphatic heterocycles. The average molecular weight is 249 g/mol. The molecule has 0 radical (unpaired) electrons. The van der Waals surface area contributed by atoms with E-state index >= 15 is 0 Å². The Labute approximate surface area is 104 Å². The molecule has 0 bridgehead atoms. The van der Waals surface area contributed by atoms with Crippen LogP contribution in [-0.4, -0.2) is 31.5 Å². The van der Waals surface area contributed by atoms with E-state index in [0.29, 0.717) is 18.0 Å². The summed E-state index contributed by atoms with van der Waals surface area (Å²) in [5.74, 6) is 0.163. The lowest BCUT2D eigenvalue weighted by Gasteiger charge is -2.18. The summed E-state index contributed by atoms with van der Waals surface area (Å²) < 4.78 is 5.26. The zero-order valence-corrected chi connectivity index (χ0v) is 9.86. The van der Waals surface area contributed by atoms with Gasteiger partial charge in [0.25, 0.3) is 5.91 Å². The van der Waals surface area contributed by atoms with Crippen LogP contribution in [0.15, 0.2) is 18.2 Å². The molecule has 18 heavy (non-hydrogen) atoms. The first-order chi connectivity index (χ1) is 8.65. The monoisotopic (exact) mass is 249 g/mol. The summed E-state index contributed by atoms with van der Waals surface area (Å²) in [6.45, 7) is 0.883. The first-order valence-corrected chi connectivity index (χ1v) is 5.70. The minimum atomic E-state index is -0.374. The number of hydrogen-bond acceptors (Lipinski definition) is 4. The SMILES string of the molecule is NC(=O)CNCCc1ccc2c(c1)NC(=O)CO2. The fraction of sp³-hybridized carbons (Fsp3) is 0.333. The lowest BCUT2D eigenvalue weighted by atomic mass is 10.1. The predicted molar refractivity (Wildman–Crippen MR) is 66.3 cm³/mol. The van der Waals surface area contributed by atoms with Crippen molar-refractivity contribution in [3.05, 3.63) is 23.8 Å². The van der Waals surface area contributed by atoms with E-state index < -0.39 is 0 Å². The molecule has 1 heterocycles. The van der Waals surface area contributed by atoms with Crippen molar-refractivity contribution >= 4 is 17.5 Å². The fourth-order valence-corrected chi connectivity index (χ4v) is 1.73. The molecule has 0 aliphatic carbocycles. The van der Waals surface area contributed by atoms with Crippen LogP contribution in [0, 0.1) is 0 Å². The van der Waals surface area contributed by atoms with Crippen molar-refractivity contribution < 1.29 is 14.3 Å². The van der Waals surface area contributed by atoms with Gasteiger partial charge in [0, 0.05) is 0 Å². The largest absolute Gasteiger partial charge is 0.482 e. The molecule has 4 N–H and O–H groups in total. The molecule has 6 nitrogen and oxygen atoms in total.